The van der Waals surface area contributed by atoms with Crippen LogP contribution in [0.25, 0.3) is 0 Å². The predicted octanol–water partition coefficient (Wildman–Crippen LogP) is 3.45. The third-order valence-electron chi connectivity index (χ3n) is 10.7. The molecular formula is C28H38O6S. The summed E-state index contributed by atoms with van der Waals surface area (Å²) in [5, 5.41) is 21.8. The highest BCUT2D eigenvalue weighted by molar-refractivity contribution is 7.99. The van der Waals surface area contributed by atoms with Crippen molar-refractivity contribution < 1.29 is 29.3 Å². The van der Waals surface area contributed by atoms with Gasteiger partial charge in [-0.2, -0.15) is 11.8 Å². The average Bonchev–Trinajstić information content (AvgIpc) is 3.31. The van der Waals surface area contributed by atoms with E-state index >= 15 is 0 Å². The minimum Gasteiger partial charge on any atom is -0.393 e. The first-order valence-corrected chi connectivity index (χ1v) is 14.6. The molecule has 192 valence electrons. The van der Waals surface area contributed by atoms with Crippen molar-refractivity contribution in [2.75, 3.05) is 18.1 Å². The van der Waals surface area contributed by atoms with E-state index in [0.717, 1.165) is 49.2 Å². The summed E-state index contributed by atoms with van der Waals surface area (Å²) in [5.74, 6) is 2.91. The average molecular weight is 503 g/mol. The Bertz CT molecular complexity index is 970. The van der Waals surface area contributed by atoms with E-state index in [0.29, 0.717) is 18.8 Å². The van der Waals surface area contributed by atoms with Crippen molar-refractivity contribution in [1.29, 1.82) is 0 Å². The maximum atomic E-state index is 13.5. The number of aliphatic hydroxyl groups is 2. The molecule has 6 rings (SSSR count). The van der Waals surface area contributed by atoms with Crippen LogP contribution in [0.2, 0.25) is 0 Å². The van der Waals surface area contributed by atoms with E-state index in [1.54, 1.807) is 12.2 Å². The fourth-order valence-electron chi connectivity index (χ4n) is 9.12. The van der Waals surface area contributed by atoms with Gasteiger partial charge in [0.1, 0.15) is 6.61 Å². The molecule has 2 saturated heterocycles. The third kappa shape index (κ3) is 3.37. The first-order valence-electron chi connectivity index (χ1n) is 13.4. The molecule has 2 aliphatic heterocycles. The number of carbonyl (C=O) groups is 2. The van der Waals surface area contributed by atoms with E-state index in [-0.39, 0.29) is 40.8 Å². The fraction of sp³-hybridized carbons (Fsp3) is 0.786. The Labute approximate surface area is 211 Å². The number of thioether (sulfide) groups is 1. The van der Waals surface area contributed by atoms with E-state index in [1.807, 2.05) is 17.8 Å². The first-order chi connectivity index (χ1) is 16.7. The minimum atomic E-state index is -1.21. The molecule has 0 amide bonds. The van der Waals surface area contributed by atoms with Crippen LogP contribution in [-0.2, 0) is 19.1 Å². The Morgan fingerprint density at radius 2 is 2.00 bits per heavy atom. The van der Waals surface area contributed by atoms with Crippen LogP contribution in [0, 0.1) is 34.5 Å². The zero-order valence-electron chi connectivity index (χ0n) is 20.8. The number of fused-ring (bicyclic) bond motifs is 7. The van der Waals surface area contributed by atoms with Gasteiger partial charge in [0, 0.05) is 23.2 Å². The lowest BCUT2D eigenvalue weighted by molar-refractivity contribution is -0.202. The Balaban J connectivity index is 1.33. The summed E-state index contributed by atoms with van der Waals surface area (Å²) in [5.41, 5.74) is -1.05. The van der Waals surface area contributed by atoms with Gasteiger partial charge in [-0.1, -0.05) is 25.5 Å². The van der Waals surface area contributed by atoms with Crippen LogP contribution in [-0.4, -0.2) is 64.0 Å². The standard InChI is InChI=1S/C28H38O6S/c1-26-8-5-18(30)12-17(26)3-4-19-20-13-23-28(22(32)15-29,27(20,2)14-21(31)25(19)26)34-24(33-23)11-16-6-9-35-10-7-16/h5,8,12,16,19-21,23-25,29,31H,3-4,6-7,9-11,13-15H2,1-2H3/t19-,20-,21-,23+,24?,25+,26-,27-,28+/m0/s1. The summed E-state index contributed by atoms with van der Waals surface area (Å²) in [6.45, 7) is 3.68. The number of ketones is 2. The van der Waals surface area contributed by atoms with Crippen molar-refractivity contribution in [2.45, 2.75) is 82.9 Å². The van der Waals surface area contributed by atoms with Crippen LogP contribution in [0.15, 0.2) is 23.8 Å². The molecule has 4 aliphatic carbocycles. The zero-order valence-corrected chi connectivity index (χ0v) is 21.6. The molecule has 3 saturated carbocycles. The van der Waals surface area contributed by atoms with Crippen LogP contribution >= 0.6 is 11.8 Å². The molecule has 0 aromatic rings. The van der Waals surface area contributed by atoms with Crippen molar-refractivity contribution in [3.63, 3.8) is 0 Å². The summed E-state index contributed by atoms with van der Waals surface area (Å²) in [6.07, 6.45) is 9.89. The van der Waals surface area contributed by atoms with Crippen molar-refractivity contribution in [3.8, 4) is 0 Å². The molecule has 0 bridgehead atoms. The molecule has 5 fully saturated rings. The highest BCUT2D eigenvalue weighted by Gasteiger charge is 2.75. The number of hydrogen-bond donors (Lipinski definition) is 2. The molecule has 0 aromatic carbocycles. The highest BCUT2D eigenvalue weighted by atomic mass is 32.2. The van der Waals surface area contributed by atoms with Gasteiger partial charge in [0.25, 0.3) is 0 Å². The number of allylic oxidation sites excluding steroid dienone is 4. The molecule has 2 heterocycles. The van der Waals surface area contributed by atoms with Crippen LogP contribution in [0.1, 0.15) is 58.8 Å². The minimum absolute atomic E-state index is 0.0134. The van der Waals surface area contributed by atoms with Crippen molar-refractivity contribution in [3.05, 3.63) is 23.8 Å². The summed E-state index contributed by atoms with van der Waals surface area (Å²) in [6, 6.07) is 0. The smallest absolute Gasteiger partial charge is 0.193 e. The van der Waals surface area contributed by atoms with Gasteiger partial charge in [0.15, 0.2) is 23.5 Å². The fourth-order valence-corrected chi connectivity index (χ4v) is 10.3. The summed E-state index contributed by atoms with van der Waals surface area (Å²) < 4.78 is 13.2. The van der Waals surface area contributed by atoms with Gasteiger partial charge in [0.2, 0.25) is 0 Å². The molecule has 9 atom stereocenters. The van der Waals surface area contributed by atoms with Gasteiger partial charge in [-0.15, -0.1) is 0 Å². The van der Waals surface area contributed by atoms with Gasteiger partial charge in [0.05, 0.1) is 12.2 Å². The SMILES string of the molecule is C[C@]12C=CC(=O)C=C1CC[C@@H]1[C@@H]2[C@@H](O)C[C@@]2(C)[C@H]1C[C@H]1OC(CC3CCSCC3)O[C@]12C(=O)CO. The second-order valence-corrected chi connectivity index (χ2v) is 13.5. The number of hydrogen-bond acceptors (Lipinski definition) is 7. The van der Waals surface area contributed by atoms with E-state index in [4.69, 9.17) is 9.47 Å². The molecule has 0 radical (unpaired) electrons. The molecule has 2 N–H and O–H groups in total. The lowest BCUT2D eigenvalue weighted by Crippen LogP contribution is -2.63. The number of aliphatic hydroxyl groups excluding tert-OH is 2. The van der Waals surface area contributed by atoms with Crippen LogP contribution in [0.3, 0.4) is 0 Å². The van der Waals surface area contributed by atoms with E-state index in [9.17, 15) is 19.8 Å². The second kappa shape index (κ2) is 8.52. The first kappa shape index (κ1) is 24.4. The van der Waals surface area contributed by atoms with Crippen LogP contribution in [0.4, 0.5) is 0 Å². The maximum absolute atomic E-state index is 13.5. The molecule has 7 heteroatoms. The van der Waals surface area contributed by atoms with Crippen LogP contribution < -0.4 is 0 Å². The summed E-state index contributed by atoms with van der Waals surface area (Å²) in [7, 11) is 0. The third-order valence-corrected chi connectivity index (χ3v) is 11.8. The van der Waals surface area contributed by atoms with E-state index in [1.165, 1.54) is 0 Å². The normalized spacial score (nSPS) is 49.1. The van der Waals surface area contributed by atoms with E-state index in [2.05, 4.69) is 13.8 Å². The lowest BCUT2D eigenvalue weighted by Gasteiger charge is -2.59. The largest absolute Gasteiger partial charge is 0.393 e. The van der Waals surface area contributed by atoms with Crippen LogP contribution in [0.5, 0.6) is 0 Å². The van der Waals surface area contributed by atoms with E-state index < -0.39 is 30.0 Å². The lowest BCUT2D eigenvalue weighted by atomic mass is 9.46. The maximum Gasteiger partial charge on any atom is 0.193 e. The molecule has 6 nitrogen and oxygen atoms in total. The van der Waals surface area contributed by atoms with Gasteiger partial charge in [-0.3, -0.25) is 9.59 Å². The highest BCUT2D eigenvalue weighted by Crippen LogP contribution is 2.69. The Kier molecular flexibility index (Phi) is 5.93. The van der Waals surface area contributed by atoms with Gasteiger partial charge in [-0.05, 0) is 79.9 Å². The molecule has 35 heavy (non-hydrogen) atoms. The zero-order chi connectivity index (χ0) is 24.6. The predicted molar refractivity (Wildman–Crippen MR) is 133 cm³/mol. The summed E-state index contributed by atoms with van der Waals surface area (Å²) >= 11 is 1.99. The number of rotatable bonds is 4. The Morgan fingerprint density at radius 1 is 1.23 bits per heavy atom. The molecule has 0 spiro atoms. The Hall–Kier alpha value is -0.990. The second-order valence-electron chi connectivity index (χ2n) is 12.2. The van der Waals surface area contributed by atoms with Gasteiger partial charge >= 0.3 is 0 Å². The molecule has 0 aromatic heterocycles. The number of carbonyl (C=O) groups excluding carboxylic acids is 2. The monoisotopic (exact) mass is 502 g/mol. The molecule has 1 unspecified atom stereocenters. The van der Waals surface area contributed by atoms with Crippen molar-refractivity contribution in [2.24, 2.45) is 34.5 Å². The van der Waals surface area contributed by atoms with Crippen molar-refractivity contribution in [1.82, 2.24) is 0 Å². The topological polar surface area (TPSA) is 93.1 Å². The van der Waals surface area contributed by atoms with Gasteiger partial charge < -0.3 is 19.7 Å². The quantitative estimate of drug-likeness (QED) is 0.608. The molecular weight excluding hydrogens is 464 g/mol. The molecule has 6 aliphatic rings. The van der Waals surface area contributed by atoms with Crippen molar-refractivity contribution >= 4 is 23.3 Å². The Morgan fingerprint density at radius 3 is 2.74 bits per heavy atom. The number of Topliss-reactive ketones (excluding diaryl/α,β-unsaturated/α-hetero) is 1. The number of ether oxygens (including phenoxy) is 2. The van der Waals surface area contributed by atoms with Gasteiger partial charge in [-0.25, -0.2) is 0 Å². The summed E-state index contributed by atoms with van der Waals surface area (Å²) in [4.78, 5) is 25.6.